The fourth-order valence-electron chi connectivity index (χ4n) is 7.96. The molecule has 1 unspecified atom stereocenters. The summed E-state index contributed by atoms with van der Waals surface area (Å²) in [5.74, 6) is -1.47. The topological polar surface area (TPSA) is 112 Å². The summed E-state index contributed by atoms with van der Waals surface area (Å²) in [6.07, 6.45) is 10.8. The molecule has 0 aromatic heterocycles. The van der Waals surface area contributed by atoms with Gasteiger partial charge in [0, 0.05) is 58.1 Å². The predicted octanol–water partition coefficient (Wildman–Crippen LogP) is 2.24. The maximum Gasteiger partial charge on any atom is 0.249 e. The summed E-state index contributed by atoms with van der Waals surface area (Å²) in [6, 6.07) is 6.56. The first kappa shape index (κ1) is 32.7. The first-order valence-electron chi connectivity index (χ1n) is 16.9. The number of aliphatic hydroxyl groups is 1. The zero-order chi connectivity index (χ0) is 32.3. The van der Waals surface area contributed by atoms with E-state index < -0.39 is 29.1 Å². The second-order valence-electron chi connectivity index (χ2n) is 13.1. The number of fused-ring (bicyclic) bond motifs is 2. The van der Waals surface area contributed by atoms with E-state index >= 15 is 0 Å². The zero-order valence-electron chi connectivity index (χ0n) is 27.1. The van der Waals surface area contributed by atoms with Gasteiger partial charge in [0.25, 0.3) is 0 Å². The van der Waals surface area contributed by atoms with Crippen molar-refractivity contribution < 1.29 is 33.7 Å². The third-order valence-corrected chi connectivity index (χ3v) is 10.2. The molecular weight excluding hydrogens is 588 g/mol. The number of unbranched alkanes of at least 4 members (excludes halogenated alkanes) is 3. The van der Waals surface area contributed by atoms with Gasteiger partial charge >= 0.3 is 0 Å². The van der Waals surface area contributed by atoms with Crippen LogP contribution in [0.4, 0.5) is 5.69 Å². The lowest BCUT2D eigenvalue weighted by atomic mass is 9.74. The number of aliphatic hydroxyl groups excluding tert-OH is 1. The smallest absolute Gasteiger partial charge is 0.249 e. The van der Waals surface area contributed by atoms with Crippen LogP contribution in [0.2, 0.25) is 0 Å². The number of anilines is 1. The number of ether oxygens (including phenoxy) is 3. The normalized spacial score (nSPS) is 31.2. The van der Waals surface area contributed by atoms with Crippen LogP contribution in [0, 0.1) is 11.8 Å². The second-order valence-corrected chi connectivity index (χ2v) is 13.1. The lowest BCUT2D eigenvalue weighted by Gasteiger charge is -2.38. The van der Waals surface area contributed by atoms with Crippen LogP contribution >= 0.6 is 0 Å². The molecule has 11 nitrogen and oxygen atoms in total. The van der Waals surface area contributed by atoms with E-state index in [1.54, 1.807) is 9.80 Å². The summed E-state index contributed by atoms with van der Waals surface area (Å²) < 4.78 is 18.1. The van der Waals surface area contributed by atoms with Gasteiger partial charge in [-0.2, -0.15) is 0 Å². The summed E-state index contributed by atoms with van der Waals surface area (Å²) in [4.78, 5) is 51.3. The maximum atomic E-state index is 14.6. The van der Waals surface area contributed by atoms with Crippen molar-refractivity contribution in [2.24, 2.45) is 11.8 Å². The van der Waals surface area contributed by atoms with Gasteiger partial charge in [-0.05, 0) is 51.0 Å². The van der Waals surface area contributed by atoms with Gasteiger partial charge < -0.3 is 34.0 Å². The molecule has 0 aliphatic carbocycles. The Labute approximate surface area is 271 Å². The first-order valence-corrected chi connectivity index (χ1v) is 16.9. The van der Waals surface area contributed by atoms with E-state index in [1.165, 1.54) is 0 Å². The Bertz CT molecular complexity index is 1330. The molecule has 0 radical (unpaired) electrons. The fraction of sp³-hybridized carbons (Fsp3) is 0.629. The van der Waals surface area contributed by atoms with E-state index in [-0.39, 0.29) is 24.3 Å². The molecule has 1 spiro atoms. The lowest BCUT2D eigenvalue weighted by molar-refractivity contribution is -0.151. The standard InChI is InChI=1S/C35H48N4O7/c1-3-45-27-12-10-26(11-13-27)38-18-8-14-34(2)28(31(38)41)29-32(42)39(17-6-4-5-7-23-40)30-33(43)37(16-9-15-35(29,30)46-34)20-19-36-21-24-44-25-22-36/h8-15,28-30,40H,3-7,16-25H2,1-2H3/t28-,29+,30?,34+,35+/m1/s1. The molecule has 250 valence electrons. The van der Waals surface area contributed by atoms with E-state index in [0.717, 1.165) is 38.2 Å². The molecule has 3 fully saturated rings. The number of nitrogens with zero attached hydrogens (tertiary/aromatic N) is 4. The van der Waals surface area contributed by atoms with Gasteiger partial charge in [-0.1, -0.05) is 37.1 Å². The van der Waals surface area contributed by atoms with Gasteiger partial charge in [0.15, 0.2) is 0 Å². The minimum absolute atomic E-state index is 0.131. The SMILES string of the molecule is CCOc1ccc(N2CC=C[C@]3(C)O[C@]45C=CCN(CCN6CCOCC6)C(=O)C4N(CCCCCCO)C(=O)[C@@H]5[C@@H]3C2=O)cc1. The third-order valence-electron chi connectivity index (χ3n) is 10.2. The molecule has 0 saturated carbocycles. The number of benzene rings is 1. The summed E-state index contributed by atoms with van der Waals surface area (Å²) in [6.45, 7) is 9.91. The monoisotopic (exact) mass is 636 g/mol. The van der Waals surface area contributed by atoms with Gasteiger partial charge in [0.2, 0.25) is 17.7 Å². The minimum Gasteiger partial charge on any atom is -0.494 e. The van der Waals surface area contributed by atoms with Crippen molar-refractivity contribution in [3.05, 3.63) is 48.6 Å². The van der Waals surface area contributed by atoms with Crippen LogP contribution in [0.3, 0.4) is 0 Å². The van der Waals surface area contributed by atoms with Crippen molar-refractivity contribution in [2.75, 3.05) is 77.1 Å². The molecule has 1 aromatic rings. The average Bonchev–Trinajstić information content (AvgIpc) is 3.32. The highest BCUT2D eigenvalue weighted by atomic mass is 16.5. The van der Waals surface area contributed by atoms with Gasteiger partial charge in [0.05, 0.1) is 37.3 Å². The minimum atomic E-state index is -1.27. The molecule has 5 aliphatic heterocycles. The van der Waals surface area contributed by atoms with Crippen LogP contribution in [0.15, 0.2) is 48.6 Å². The molecule has 1 aromatic carbocycles. The van der Waals surface area contributed by atoms with E-state index in [1.807, 2.05) is 67.3 Å². The van der Waals surface area contributed by atoms with Crippen molar-refractivity contribution in [1.29, 1.82) is 0 Å². The lowest BCUT2D eigenvalue weighted by Crippen LogP contribution is -2.56. The van der Waals surface area contributed by atoms with Crippen molar-refractivity contribution in [2.45, 2.75) is 56.8 Å². The van der Waals surface area contributed by atoms with Gasteiger partial charge in [-0.15, -0.1) is 0 Å². The zero-order valence-corrected chi connectivity index (χ0v) is 27.1. The Morgan fingerprint density at radius 3 is 2.35 bits per heavy atom. The largest absolute Gasteiger partial charge is 0.494 e. The number of carbonyl (C=O) groups excluding carboxylic acids is 3. The molecular formula is C35H48N4O7. The summed E-state index contributed by atoms with van der Waals surface area (Å²) in [5, 5.41) is 9.25. The molecule has 5 heterocycles. The van der Waals surface area contributed by atoms with Gasteiger partial charge in [-0.25, -0.2) is 0 Å². The van der Waals surface area contributed by atoms with E-state index in [0.29, 0.717) is 64.5 Å². The first-order chi connectivity index (χ1) is 22.3. The Morgan fingerprint density at radius 1 is 0.870 bits per heavy atom. The van der Waals surface area contributed by atoms with Crippen LogP contribution in [-0.2, 0) is 23.9 Å². The van der Waals surface area contributed by atoms with Crippen molar-refractivity contribution >= 4 is 23.4 Å². The average molecular weight is 637 g/mol. The van der Waals surface area contributed by atoms with Crippen LogP contribution < -0.4 is 9.64 Å². The molecule has 3 amide bonds. The van der Waals surface area contributed by atoms with Crippen LogP contribution in [-0.4, -0.2) is 127 Å². The number of carbonyl (C=O) groups is 3. The quantitative estimate of drug-likeness (QED) is 0.275. The number of rotatable bonds is 12. The molecule has 1 N–H and O–H groups in total. The Balaban J connectivity index is 1.32. The third kappa shape index (κ3) is 5.98. The Morgan fingerprint density at radius 2 is 1.61 bits per heavy atom. The number of amides is 3. The molecule has 0 bridgehead atoms. The Kier molecular flexibility index (Phi) is 9.84. The molecule has 46 heavy (non-hydrogen) atoms. The molecule has 3 saturated heterocycles. The van der Waals surface area contributed by atoms with E-state index in [2.05, 4.69) is 4.90 Å². The van der Waals surface area contributed by atoms with Gasteiger partial charge in [-0.3, -0.25) is 19.3 Å². The second kappa shape index (κ2) is 13.9. The highest BCUT2D eigenvalue weighted by molar-refractivity contribution is 6.04. The highest BCUT2D eigenvalue weighted by Gasteiger charge is 2.74. The summed E-state index contributed by atoms with van der Waals surface area (Å²) in [5.41, 5.74) is -1.63. The highest BCUT2D eigenvalue weighted by Crippen LogP contribution is 2.57. The molecule has 6 rings (SSSR count). The van der Waals surface area contributed by atoms with Gasteiger partial charge in [0.1, 0.15) is 17.4 Å². The van der Waals surface area contributed by atoms with E-state index in [4.69, 9.17) is 14.2 Å². The van der Waals surface area contributed by atoms with Crippen LogP contribution in [0.1, 0.15) is 39.5 Å². The number of likely N-dealkylation sites (tertiary alicyclic amines) is 1. The summed E-state index contributed by atoms with van der Waals surface area (Å²) >= 11 is 0. The molecule has 11 heteroatoms. The van der Waals surface area contributed by atoms with Crippen LogP contribution in [0.25, 0.3) is 0 Å². The number of hydrogen-bond acceptors (Lipinski definition) is 8. The molecule has 5 atom stereocenters. The van der Waals surface area contributed by atoms with E-state index in [9.17, 15) is 19.5 Å². The summed E-state index contributed by atoms with van der Waals surface area (Å²) in [7, 11) is 0. The van der Waals surface area contributed by atoms with Crippen LogP contribution in [0.5, 0.6) is 5.75 Å². The number of hydrogen-bond donors (Lipinski definition) is 1. The predicted molar refractivity (Wildman–Crippen MR) is 172 cm³/mol. The maximum absolute atomic E-state index is 14.6. The fourth-order valence-corrected chi connectivity index (χ4v) is 7.96. The van der Waals surface area contributed by atoms with Crippen molar-refractivity contribution in [3.8, 4) is 5.75 Å². The van der Waals surface area contributed by atoms with Crippen molar-refractivity contribution in [3.63, 3.8) is 0 Å². The number of morpholine rings is 1. The Hall–Kier alpha value is -3.25. The molecule has 5 aliphatic rings. The van der Waals surface area contributed by atoms with Crippen molar-refractivity contribution in [1.82, 2.24) is 14.7 Å².